The van der Waals surface area contributed by atoms with Crippen molar-refractivity contribution in [3.8, 4) is 0 Å². The molecule has 0 aliphatic rings. The monoisotopic (exact) mass is 332 g/mol. The predicted octanol–water partition coefficient (Wildman–Crippen LogP) is 3.33. The Balaban J connectivity index is 3.54. The van der Waals surface area contributed by atoms with Crippen molar-refractivity contribution in [3.63, 3.8) is 0 Å². The molecule has 131 valence electrons. The van der Waals surface area contributed by atoms with E-state index in [9.17, 15) is 4.79 Å². The van der Waals surface area contributed by atoms with Gasteiger partial charge in [-0.05, 0) is 19.3 Å². The molecule has 0 aliphatic heterocycles. The number of carbonyl (C=O) groups is 1. The minimum absolute atomic E-state index is 0.132. The molecule has 6 heteroatoms. The Morgan fingerprint density at radius 1 is 1.00 bits per heavy atom. The lowest BCUT2D eigenvalue weighted by atomic mass is 10.1. The van der Waals surface area contributed by atoms with Crippen LogP contribution in [0.5, 0.6) is 0 Å². The normalized spacial score (nSPS) is 11.6. The van der Waals surface area contributed by atoms with E-state index in [-0.39, 0.29) is 5.91 Å². The highest BCUT2D eigenvalue weighted by molar-refractivity contribution is 6.60. The van der Waals surface area contributed by atoms with E-state index >= 15 is 0 Å². The van der Waals surface area contributed by atoms with Gasteiger partial charge < -0.3 is 18.6 Å². The average Bonchev–Trinajstić information content (AvgIpc) is 2.55. The van der Waals surface area contributed by atoms with Gasteiger partial charge in [0.15, 0.2) is 0 Å². The summed E-state index contributed by atoms with van der Waals surface area (Å²) in [6, 6.07) is 0.711. The molecule has 1 radical (unpaired) electrons. The molecule has 0 bridgehead atoms. The lowest BCUT2D eigenvalue weighted by Gasteiger charge is -2.24. The van der Waals surface area contributed by atoms with E-state index in [1.807, 2.05) is 0 Å². The van der Waals surface area contributed by atoms with E-state index in [0.717, 1.165) is 25.7 Å². The van der Waals surface area contributed by atoms with E-state index in [0.29, 0.717) is 19.0 Å². The zero-order valence-electron chi connectivity index (χ0n) is 14.8. The van der Waals surface area contributed by atoms with Gasteiger partial charge >= 0.3 is 8.80 Å². The van der Waals surface area contributed by atoms with Crippen molar-refractivity contribution < 1.29 is 18.1 Å². The molecule has 1 N–H and O–H groups in total. The summed E-state index contributed by atoms with van der Waals surface area (Å²) in [7, 11) is 2.33. The van der Waals surface area contributed by atoms with Crippen LogP contribution in [0.4, 0.5) is 0 Å². The first kappa shape index (κ1) is 21.6. The topological polar surface area (TPSA) is 56.8 Å². The molecule has 0 aromatic rings. The van der Waals surface area contributed by atoms with Gasteiger partial charge in [0.1, 0.15) is 0 Å². The second-order valence-corrected chi connectivity index (χ2v) is 8.52. The molecule has 0 aromatic heterocycles. The maximum Gasteiger partial charge on any atom is 0.500 e. The SMILES string of the molecule is CCCC[CH]CCCCC(=O)NCCC[Si](OC)(OC)OC. The second kappa shape index (κ2) is 14.2. The molecule has 0 heterocycles. The third-order valence-corrected chi connectivity index (χ3v) is 6.57. The fourth-order valence-electron chi connectivity index (χ4n) is 2.24. The quantitative estimate of drug-likeness (QED) is 0.369. The summed E-state index contributed by atoms with van der Waals surface area (Å²) >= 11 is 0. The number of hydrogen-bond acceptors (Lipinski definition) is 4. The highest BCUT2D eigenvalue weighted by atomic mass is 28.4. The van der Waals surface area contributed by atoms with Crippen LogP contribution in [0.1, 0.15) is 58.3 Å². The summed E-state index contributed by atoms with van der Waals surface area (Å²) < 4.78 is 16.0. The lowest BCUT2D eigenvalue weighted by Crippen LogP contribution is -2.43. The molecule has 5 nitrogen and oxygen atoms in total. The molecule has 0 aromatic carbocycles. The first-order valence-corrected chi connectivity index (χ1v) is 10.3. The predicted molar refractivity (Wildman–Crippen MR) is 91.5 cm³/mol. The molecular formula is C16H34NO4Si. The fraction of sp³-hybridized carbons (Fsp3) is 0.875. The van der Waals surface area contributed by atoms with Crippen LogP contribution in [0, 0.1) is 6.42 Å². The molecule has 0 aliphatic carbocycles. The molecule has 0 spiro atoms. The lowest BCUT2D eigenvalue weighted by molar-refractivity contribution is -0.121. The van der Waals surface area contributed by atoms with Crippen molar-refractivity contribution in [1.82, 2.24) is 5.32 Å². The smallest absolute Gasteiger partial charge is 0.377 e. The maximum atomic E-state index is 11.7. The summed E-state index contributed by atoms with van der Waals surface area (Å²) in [6.07, 6.45) is 10.7. The number of nitrogens with one attached hydrogen (secondary N) is 1. The summed E-state index contributed by atoms with van der Waals surface area (Å²) in [5, 5.41) is 2.95. The van der Waals surface area contributed by atoms with Crippen LogP contribution in [-0.2, 0) is 18.1 Å². The zero-order valence-corrected chi connectivity index (χ0v) is 15.8. The van der Waals surface area contributed by atoms with Crippen molar-refractivity contribution in [1.29, 1.82) is 0 Å². The summed E-state index contributed by atoms with van der Waals surface area (Å²) in [4.78, 5) is 11.7. The molecule has 0 saturated heterocycles. The maximum absolute atomic E-state index is 11.7. The Labute approximate surface area is 137 Å². The summed E-state index contributed by atoms with van der Waals surface area (Å²) in [5.74, 6) is 0.132. The van der Waals surface area contributed by atoms with Crippen LogP contribution in [0.2, 0.25) is 6.04 Å². The number of rotatable bonds is 15. The molecular weight excluding hydrogens is 298 g/mol. The van der Waals surface area contributed by atoms with E-state index in [4.69, 9.17) is 13.3 Å². The third-order valence-electron chi connectivity index (χ3n) is 3.74. The summed E-state index contributed by atoms with van der Waals surface area (Å²) in [5.41, 5.74) is 0. The van der Waals surface area contributed by atoms with Crippen LogP contribution in [-0.4, -0.2) is 42.6 Å². The molecule has 0 atom stereocenters. The number of carbonyl (C=O) groups excluding carboxylic acids is 1. The van der Waals surface area contributed by atoms with Gasteiger partial charge in [-0.1, -0.05) is 39.0 Å². The number of unbranched alkanes of at least 4 members (excludes halogenated alkanes) is 6. The first-order chi connectivity index (χ1) is 10.6. The molecule has 0 fully saturated rings. The molecule has 0 unspecified atom stereocenters. The highest BCUT2D eigenvalue weighted by Gasteiger charge is 2.36. The standard InChI is InChI=1S/C16H34NO4Si/c1-5-6-7-8-9-10-11-13-16(18)17-14-12-15-22(19-2,20-3)21-4/h8H,5-7,9-15H2,1-4H3,(H,17,18). The van der Waals surface area contributed by atoms with Crippen LogP contribution >= 0.6 is 0 Å². The van der Waals surface area contributed by atoms with Crippen LogP contribution in [0.15, 0.2) is 0 Å². The Bertz CT molecular complexity index is 265. The van der Waals surface area contributed by atoms with Gasteiger partial charge in [0.05, 0.1) is 0 Å². The van der Waals surface area contributed by atoms with Crippen molar-refractivity contribution in [2.75, 3.05) is 27.9 Å². The van der Waals surface area contributed by atoms with Gasteiger partial charge in [0.25, 0.3) is 0 Å². The van der Waals surface area contributed by atoms with Gasteiger partial charge in [0.2, 0.25) is 5.91 Å². The van der Waals surface area contributed by atoms with Crippen LogP contribution in [0.3, 0.4) is 0 Å². The largest absolute Gasteiger partial charge is 0.500 e. The fourth-order valence-corrected chi connectivity index (χ4v) is 3.97. The van der Waals surface area contributed by atoms with E-state index in [1.54, 1.807) is 21.3 Å². The number of amides is 1. The van der Waals surface area contributed by atoms with E-state index in [1.165, 1.54) is 19.3 Å². The van der Waals surface area contributed by atoms with Crippen molar-refractivity contribution in [3.05, 3.63) is 6.42 Å². The van der Waals surface area contributed by atoms with E-state index < -0.39 is 8.80 Å². The molecule has 0 rings (SSSR count). The minimum Gasteiger partial charge on any atom is -0.377 e. The minimum atomic E-state index is -2.49. The Kier molecular flexibility index (Phi) is 13.9. The van der Waals surface area contributed by atoms with Crippen molar-refractivity contribution in [2.24, 2.45) is 0 Å². The molecule has 22 heavy (non-hydrogen) atoms. The Hall–Kier alpha value is -0.433. The first-order valence-electron chi connectivity index (χ1n) is 8.38. The highest BCUT2D eigenvalue weighted by Crippen LogP contribution is 2.14. The number of hydrogen-bond donors (Lipinski definition) is 1. The van der Waals surface area contributed by atoms with Crippen LogP contribution in [0.25, 0.3) is 0 Å². The van der Waals surface area contributed by atoms with Crippen molar-refractivity contribution in [2.45, 2.75) is 64.3 Å². The Morgan fingerprint density at radius 2 is 1.64 bits per heavy atom. The summed E-state index contributed by atoms with van der Waals surface area (Å²) in [6.45, 7) is 2.85. The Morgan fingerprint density at radius 3 is 2.23 bits per heavy atom. The molecule has 0 saturated carbocycles. The zero-order chi connectivity index (χ0) is 16.7. The van der Waals surface area contributed by atoms with Crippen LogP contribution < -0.4 is 5.32 Å². The second-order valence-electron chi connectivity index (χ2n) is 5.43. The van der Waals surface area contributed by atoms with Gasteiger partial charge in [0, 0.05) is 40.3 Å². The van der Waals surface area contributed by atoms with Crippen molar-refractivity contribution >= 4 is 14.7 Å². The van der Waals surface area contributed by atoms with Gasteiger partial charge in [-0.15, -0.1) is 0 Å². The third kappa shape index (κ3) is 10.3. The average molecular weight is 333 g/mol. The van der Waals surface area contributed by atoms with Gasteiger partial charge in [-0.2, -0.15) is 0 Å². The van der Waals surface area contributed by atoms with Gasteiger partial charge in [-0.3, -0.25) is 4.79 Å². The molecule has 1 amide bonds. The van der Waals surface area contributed by atoms with Gasteiger partial charge in [-0.25, -0.2) is 0 Å². The van der Waals surface area contributed by atoms with E-state index in [2.05, 4.69) is 18.7 Å².